The smallest absolute Gasteiger partial charge is 0.117 e. The summed E-state index contributed by atoms with van der Waals surface area (Å²) in [5, 5.41) is 3.29. The summed E-state index contributed by atoms with van der Waals surface area (Å²) >= 11 is 0. The molecule has 0 unspecified atom stereocenters. The summed E-state index contributed by atoms with van der Waals surface area (Å²) in [6.45, 7) is 4.02. The molecule has 2 aliphatic heterocycles. The Morgan fingerprint density at radius 2 is 2.15 bits per heavy atom. The van der Waals surface area contributed by atoms with E-state index in [1.54, 1.807) is 0 Å². The number of nitrogens with one attached hydrogen (secondary N) is 1. The van der Waals surface area contributed by atoms with Crippen LogP contribution in [0.3, 0.4) is 0 Å². The van der Waals surface area contributed by atoms with Gasteiger partial charge in [0.25, 0.3) is 0 Å². The molecular formula is C9H18N4. The van der Waals surface area contributed by atoms with Gasteiger partial charge in [0.2, 0.25) is 0 Å². The molecule has 0 aliphatic carbocycles. The van der Waals surface area contributed by atoms with Gasteiger partial charge < -0.3 is 16.0 Å². The average molecular weight is 182 g/mol. The Labute approximate surface area is 79.2 Å². The summed E-state index contributed by atoms with van der Waals surface area (Å²) in [4.78, 5) is 6.74. The van der Waals surface area contributed by atoms with Crippen LogP contribution in [0.5, 0.6) is 0 Å². The van der Waals surface area contributed by atoms with Gasteiger partial charge in [-0.2, -0.15) is 0 Å². The number of likely N-dealkylation sites (tertiary alicyclic amines) is 1. The largest absolute Gasteiger partial charge is 0.370 e. The minimum absolute atomic E-state index is 0.164. The number of hydrogen-bond donors (Lipinski definition) is 2. The lowest BCUT2D eigenvalue weighted by Gasteiger charge is -2.37. The fourth-order valence-corrected chi connectivity index (χ4v) is 1.99. The number of aliphatic imine (C=N–C) groups is 1. The Bertz CT molecular complexity index is 216. The normalized spacial score (nSPS) is 28.3. The summed E-state index contributed by atoms with van der Waals surface area (Å²) < 4.78 is 0. The van der Waals surface area contributed by atoms with E-state index in [9.17, 15) is 0 Å². The van der Waals surface area contributed by atoms with Crippen molar-refractivity contribution in [3.63, 3.8) is 0 Å². The van der Waals surface area contributed by atoms with E-state index >= 15 is 0 Å². The summed E-state index contributed by atoms with van der Waals surface area (Å²) in [5.41, 5.74) is 6.14. The molecular weight excluding hydrogens is 164 g/mol. The third kappa shape index (κ3) is 1.69. The summed E-state index contributed by atoms with van der Waals surface area (Å²) in [6.07, 6.45) is 2.05. The predicted molar refractivity (Wildman–Crippen MR) is 54.0 cm³/mol. The third-order valence-electron chi connectivity index (χ3n) is 3.03. The molecule has 0 aromatic heterocycles. The van der Waals surface area contributed by atoms with E-state index in [2.05, 4.69) is 22.3 Å². The molecule has 0 amide bonds. The number of hydrogen-bond acceptors (Lipinski definition) is 4. The molecule has 3 N–H and O–H groups in total. The van der Waals surface area contributed by atoms with Crippen molar-refractivity contribution < 1.29 is 0 Å². The Morgan fingerprint density at radius 1 is 1.46 bits per heavy atom. The van der Waals surface area contributed by atoms with Crippen LogP contribution in [0.1, 0.15) is 12.8 Å². The molecule has 0 aromatic carbocycles. The molecule has 13 heavy (non-hydrogen) atoms. The standard InChI is InChI=1S/C9H18N4/c1-13-6-2-9(10,3-7-13)8-11-4-5-12-8/h2-7,10H2,1H3,(H,11,12). The van der Waals surface area contributed by atoms with Crippen molar-refractivity contribution in [1.82, 2.24) is 10.2 Å². The molecule has 0 saturated carbocycles. The van der Waals surface area contributed by atoms with Crippen LogP contribution >= 0.6 is 0 Å². The van der Waals surface area contributed by atoms with Crippen LogP contribution in [-0.2, 0) is 0 Å². The van der Waals surface area contributed by atoms with Crippen molar-refractivity contribution >= 4 is 5.84 Å². The second-order valence-corrected chi connectivity index (χ2v) is 4.12. The highest BCUT2D eigenvalue weighted by molar-refractivity contribution is 5.92. The van der Waals surface area contributed by atoms with Crippen molar-refractivity contribution in [2.75, 3.05) is 33.2 Å². The van der Waals surface area contributed by atoms with Crippen molar-refractivity contribution in [3.05, 3.63) is 0 Å². The molecule has 2 heterocycles. The van der Waals surface area contributed by atoms with E-state index in [-0.39, 0.29) is 5.54 Å². The molecule has 74 valence electrons. The fourth-order valence-electron chi connectivity index (χ4n) is 1.99. The second kappa shape index (κ2) is 3.27. The van der Waals surface area contributed by atoms with Gasteiger partial charge in [-0.3, -0.25) is 4.99 Å². The van der Waals surface area contributed by atoms with Crippen LogP contribution in [0.15, 0.2) is 4.99 Å². The maximum absolute atomic E-state index is 6.31. The summed E-state index contributed by atoms with van der Waals surface area (Å²) in [7, 11) is 2.14. The number of piperidine rings is 1. The van der Waals surface area contributed by atoms with Gasteiger partial charge in [-0.15, -0.1) is 0 Å². The predicted octanol–water partition coefficient (Wildman–Crippen LogP) is -0.589. The molecule has 1 fully saturated rings. The maximum atomic E-state index is 6.31. The molecule has 0 radical (unpaired) electrons. The van der Waals surface area contributed by atoms with Crippen LogP contribution in [0.4, 0.5) is 0 Å². The Morgan fingerprint density at radius 3 is 2.69 bits per heavy atom. The van der Waals surface area contributed by atoms with Gasteiger partial charge in [-0.05, 0) is 19.9 Å². The van der Waals surface area contributed by atoms with E-state index < -0.39 is 0 Å². The maximum Gasteiger partial charge on any atom is 0.117 e. The lowest BCUT2D eigenvalue weighted by molar-refractivity contribution is 0.229. The number of nitrogens with zero attached hydrogens (tertiary/aromatic N) is 2. The first-order valence-electron chi connectivity index (χ1n) is 4.97. The summed E-state index contributed by atoms with van der Waals surface area (Å²) in [5.74, 6) is 1.04. The van der Waals surface area contributed by atoms with E-state index in [1.165, 1.54) is 0 Å². The second-order valence-electron chi connectivity index (χ2n) is 4.12. The zero-order valence-electron chi connectivity index (χ0n) is 8.21. The lowest BCUT2D eigenvalue weighted by Crippen LogP contribution is -2.58. The zero-order chi connectivity index (χ0) is 9.31. The van der Waals surface area contributed by atoms with E-state index in [1.807, 2.05) is 0 Å². The topological polar surface area (TPSA) is 53.6 Å². The minimum Gasteiger partial charge on any atom is -0.370 e. The Balaban J connectivity index is 2.03. The van der Waals surface area contributed by atoms with Crippen molar-refractivity contribution in [2.24, 2.45) is 10.7 Å². The van der Waals surface area contributed by atoms with Gasteiger partial charge >= 0.3 is 0 Å². The molecule has 4 heteroatoms. The highest BCUT2D eigenvalue weighted by atomic mass is 15.2. The highest BCUT2D eigenvalue weighted by Gasteiger charge is 2.35. The van der Waals surface area contributed by atoms with E-state index in [0.717, 1.165) is 44.9 Å². The minimum atomic E-state index is -0.164. The molecule has 0 aromatic rings. The van der Waals surface area contributed by atoms with Crippen LogP contribution in [-0.4, -0.2) is 49.5 Å². The molecule has 4 nitrogen and oxygen atoms in total. The first kappa shape index (κ1) is 8.97. The van der Waals surface area contributed by atoms with Crippen LogP contribution in [0.2, 0.25) is 0 Å². The lowest BCUT2D eigenvalue weighted by atomic mass is 9.87. The molecule has 0 atom stereocenters. The fraction of sp³-hybridized carbons (Fsp3) is 0.889. The first-order chi connectivity index (χ1) is 6.21. The van der Waals surface area contributed by atoms with Gasteiger partial charge in [0.15, 0.2) is 0 Å². The van der Waals surface area contributed by atoms with Gasteiger partial charge in [-0.25, -0.2) is 0 Å². The number of rotatable bonds is 1. The SMILES string of the molecule is CN1CCC(N)(C2=NCCN2)CC1. The van der Waals surface area contributed by atoms with Gasteiger partial charge in [0.1, 0.15) is 5.84 Å². The van der Waals surface area contributed by atoms with Crippen LogP contribution in [0.25, 0.3) is 0 Å². The molecule has 0 spiro atoms. The quantitative estimate of drug-likeness (QED) is 0.570. The summed E-state index contributed by atoms with van der Waals surface area (Å²) in [6, 6.07) is 0. The van der Waals surface area contributed by atoms with Crippen molar-refractivity contribution in [1.29, 1.82) is 0 Å². The first-order valence-corrected chi connectivity index (χ1v) is 4.97. The highest BCUT2D eigenvalue weighted by Crippen LogP contribution is 2.20. The average Bonchev–Trinajstić information content (AvgIpc) is 2.63. The monoisotopic (exact) mass is 182 g/mol. The number of nitrogens with two attached hydrogens (primary N) is 1. The molecule has 0 bridgehead atoms. The zero-order valence-corrected chi connectivity index (χ0v) is 8.21. The number of amidine groups is 1. The van der Waals surface area contributed by atoms with Crippen LogP contribution < -0.4 is 11.1 Å². The van der Waals surface area contributed by atoms with Gasteiger partial charge in [0, 0.05) is 19.6 Å². The van der Waals surface area contributed by atoms with Crippen molar-refractivity contribution in [3.8, 4) is 0 Å². The van der Waals surface area contributed by atoms with E-state index in [0.29, 0.717) is 0 Å². The molecule has 2 rings (SSSR count). The Kier molecular flexibility index (Phi) is 2.26. The van der Waals surface area contributed by atoms with Gasteiger partial charge in [0.05, 0.1) is 12.1 Å². The third-order valence-corrected chi connectivity index (χ3v) is 3.03. The van der Waals surface area contributed by atoms with Crippen molar-refractivity contribution in [2.45, 2.75) is 18.4 Å². The molecule has 1 saturated heterocycles. The molecule has 2 aliphatic rings. The Hall–Kier alpha value is -0.610. The van der Waals surface area contributed by atoms with E-state index in [4.69, 9.17) is 5.73 Å². The van der Waals surface area contributed by atoms with Gasteiger partial charge in [-0.1, -0.05) is 0 Å². The van der Waals surface area contributed by atoms with Crippen LogP contribution in [0, 0.1) is 0 Å².